The lowest BCUT2D eigenvalue weighted by Gasteiger charge is -2.45. The van der Waals surface area contributed by atoms with Gasteiger partial charge in [-0.2, -0.15) is 0 Å². The summed E-state index contributed by atoms with van der Waals surface area (Å²) >= 11 is 16.5. The summed E-state index contributed by atoms with van der Waals surface area (Å²) in [5, 5.41) is 2.73. The van der Waals surface area contributed by atoms with Gasteiger partial charge < -0.3 is 14.5 Å². The molecule has 1 N–H and O–H groups in total. The molecule has 0 aliphatic carbocycles. The normalized spacial score (nSPS) is 21.9. The number of alkyl halides is 3. The molecule has 10 heteroatoms. The zero-order chi connectivity index (χ0) is 21.2. The van der Waals surface area contributed by atoms with Crippen LogP contribution < -0.4 is 5.32 Å². The van der Waals surface area contributed by atoms with Crippen LogP contribution in [0.1, 0.15) is 40.5 Å². The zero-order valence-electron chi connectivity index (χ0n) is 16.5. The Morgan fingerprint density at radius 2 is 1.78 bits per heavy atom. The first-order chi connectivity index (χ1) is 12.0. The van der Waals surface area contributed by atoms with Gasteiger partial charge in [0.15, 0.2) is 8.32 Å². The molecule has 1 rings (SSSR count). The molecule has 3 atom stereocenters. The van der Waals surface area contributed by atoms with E-state index in [1.807, 2.05) is 6.92 Å². The lowest BCUT2D eigenvalue weighted by Crippen LogP contribution is -2.64. The van der Waals surface area contributed by atoms with Crippen molar-refractivity contribution in [3.05, 3.63) is 0 Å². The van der Waals surface area contributed by atoms with Gasteiger partial charge in [-0.25, -0.2) is 0 Å². The van der Waals surface area contributed by atoms with E-state index >= 15 is 0 Å². The van der Waals surface area contributed by atoms with E-state index in [9.17, 15) is 14.4 Å². The maximum absolute atomic E-state index is 12.1. The van der Waals surface area contributed by atoms with Gasteiger partial charge in [0.2, 0.25) is 9.70 Å². The molecule has 6 nitrogen and oxygen atoms in total. The Hall–Kier alpha value is -0.343. The van der Waals surface area contributed by atoms with Gasteiger partial charge in [-0.3, -0.25) is 14.4 Å². The Balaban J connectivity index is 2.57. The van der Waals surface area contributed by atoms with Crippen LogP contribution in [0, 0.1) is 5.92 Å². The summed E-state index contributed by atoms with van der Waals surface area (Å²) in [6, 6.07) is -0.356. The minimum atomic E-state index is -2.04. The lowest BCUT2D eigenvalue weighted by molar-refractivity contribution is -0.146. The van der Waals surface area contributed by atoms with Crippen LogP contribution >= 0.6 is 34.8 Å². The second kappa shape index (κ2) is 8.99. The minimum Gasteiger partial charge on any atom is -0.461 e. The van der Waals surface area contributed by atoms with E-state index in [1.165, 1.54) is 0 Å². The number of nitrogens with one attached hydrogen (secondary N) is 1. The second-order valence-corrected chi connectivity index (χ2v) is 15.7. The van der Waals surface area contributed by atoms with E-state index in [4.69, 9.17) is 44.0 Å². The Kier molecular flexibility index (Phi) is 8.22. The van der Waals surface area contributed by atoms with Crippen molar-refractivity contribution in [2.24, 2.45) is 5.92 Å². The van der Waals surface area contributed by atoms with Crippen LogP contribution in [0.4, 0.5) is 0 Å². The second-order valence-electron chi connectivity index (χ2n) is 8.42. The van der Waals surface area contributed by atoms with E-state index in [0.29, 0.717) is 0 Å². The van der Waals surface area contributed by atoms with E-state index < -0.39 is 37.0 Å². The molecular weight excluding hydrogens is 433 g/mol. The van der Waals surface area contributed by atoms with Gasteiger partial charge in [-0.15, -0.1) is 0 Å². The molecule has 1 saturated heterocycles. The fourth-order valence-electron chi connectivity index (χ4n) is 2.58. The summed E-state index contributed by atoms with van der Waals surface area (Å²) in [5.41, 5.74) is 0. The Morgan fingerprint density at radius 3 is 2.22 bits per heavy atom. The fourth-order valence-corrected chi connectivity index (χ4v) is 4.17. The highest BCUT2D eigenvalue weighted by molar-refractivity contribution is 6.74. The number of carbonyl (C=O) groups excluding carboxylic acids is 3. The van der Waals surface area contributed by atoms with Crippen LogP contribution in [0.15, 0.2) is 0 Å². The molecule has 27 heavy (non-hydrogen) atoms. The highest BCUT2D eigenvalue weighted by Crippen LogP contribution is 2.39. The number of carbonyl (C=O) groups is 3. The predicted octanol–water partition coefficient (Wildman–Crippen LogP) is 3.77. The predicted molar refractivity (Wildman–Crippen MR) is 109 cm³/mol. The molecule has 0 aromatic carbocycles. The minimum absolute atomic E-state index is 0.0129. The number of β-lactam (4-membered cyclic amide) rings is 1. The molecule has 0 unspecified atom stereocenters. The van der Waals surface area contributed by atoms with E-state index in [1.54, 1.807) is 0 Å². The topological polar surface area (TPSA) is 81.7 Å². The van der Waals surface area contributed by atoms with Crippen LogP contribution in [0.25, 0.3) is 0 Å². The van der Waals surface area contributed by atoms with Gasteiger partial charge in [0, 0.05) is 12.5 Å². The van der Waals surface area contributed by atoms with Crippen molar-refractivity contribution in [3.8, 4) is 0 Å². The maximum Gasteiger partial charge on any atom is 0.313 e. The highest BCUT2D eigenvalue weighted by Gasteiger charge is 2.47. The number of ketones is 1. The van der Waals surface area contributed by atoms with Crippen LogP contribution in [0.5, 0.6) is 0 Å². The number of hydrogen-bond acceptors (Lipinski definition) is 5. The molecule has 0 radical (unpaired) electrons. The molecule has 1 aliphatic heterocycles. The summed E-state index contributed by atoms with van der Waals surface area (Å²) < 4.78 is 9.30. The van der Waals surface area contributed by atoms with E-state index in [-0.39, 0.29) is 35.3 Å². The quantitative estimate of drug-likeness (QED) is 0.196. The largest absolute Gasteiger partial charge is 0.461 e. The first kappa shape index (κ1) is 24.7. The molecule has 0 aromatic rings. The summed E-state index contributed by atoms with van der Waals surface area (Å²) in [6.07, 6.45) is -0.712. The molecule has 1 heterocycles. The number of halogens is 3. The first-order valence-corrected chi connectivity index (χ1v) is 12.8. The molecule has 1 fully saturated rings. The van der Waals surface area contributed by atoms with Crippen LogP contribution in [-0.2, 0) is 23.5 Å². The number of esters is 1. The number of Topliss-reactive ketones (excluding diaryl/α,β-unsaturated/α-hetero) is 1. The lowest BCUT2D eigenvalue weighted by atomic mass is 9.83. The van der Waals surface area contributed by atoms with Crippen molar-refractivity contribution in [3.63, 3.8) is 0 Å². The van der Waals surface area contributed by atoms with Crippen molar-refractivity contribution < 1.29 is 23.5 Å². The standard InChI is InChI=1S/C17H28Cl3NO5Si/c1-10(26-27(5,6)16(2,3)4)14-12(21-15(14)24)7-11(22)8-13(23)25-9-17(18,19)20/h10,12,14H,7-9H2,1-6H3,(H,21,24)/t10-,12+,14+/m1/s1. The third kappa shape index (κ3) is 7.53. The Labute approximate surface area is 176 Å². The van der Waals surface area contributed by atoms with Crippen LogP contribution in [-0.4, -0.2) is 48.5 Å². The molecule has 1 amide bonds. The fraction of sp³-hybridized carbons (Fsp3) is 0.824. The van der Waals surface area contributed by atoms with Crippen molar-refractivity contribution >= 4 is 60.8 Å². The molecule has 0 aromatic heterocycles. The molecule has 0 spiro atoms. The van der Waals surface area contributed by atoms with Gasteiger partial charge in [0.25, 0.3) is 0 Å². The highest BCUT2D eigenvalue weighted by atomic mass is 35.6. The van der Waals surface area contributed by atoms with Crippen molar-refractivity contribution in [1.82, 2.24) is 5.32 Å². The van der Waals surface area contributed by atoms with E-state index in [2.05, 4.69) is 39.2 Å². The maximum atomic E-state index is 12.1. The van der Waals surface area contributed by atoms with E-state index in [0.717, 1.165) is 0 Å². The smallest absolute Gasteiger partial charge is 0.313 e. The summed E-state index contributed by atoms with van der Waals surface area (Å²) in [6.45, 7) is 12.0. The SMILES string of the molecule is C[C@@H](O[Si](C)(C)C(C)(C)C)[C@@H]1C(=O)N[C@H]1CC(=O)CC(=O)OCC(Cl)(Cl)Cl. The molecule has 156 valence electrons. The van der Waals surface area contributed by atoms with Gasteiger partial charge in [-0.1, -0.05) is 55.6 Å². The van der Waals surface area contributed by atoms with Gasteiger partial charge in [0.1, 0.15) is 18.8 Å². The van der Waals surface area contributed by atoms with Crippen LogP contribution in [0.2, 0.25) is 18.1 Å². The van der Waals surface area contributed by atoms with Gasteiger partial charge in [-0.05, 0) is 25.1 Å². The number of hydrogen-bond donors (Lipinski definition) is 1. The number of ether oxygens (including phenoxy) is 1. The molecular formula is C17H28Cl3NO5Si. The third-order valence-corrected chi connectivity index (χ3v) is 9.94. The van der Waals surface area contributed by atoms with Crippen molar-refractivity contribution in [1.29, 1.82) is 0 Å². The van der Waals surface area contributed by atoms with Gasteiger partial charge >= 0.3 is 5.97 Å². The van der Waals surface area contributed by atoms with Crippen molar-refractivity contribution in [2.75, 3.05) is 6.61 Å². The first-order valence-electron chi connectivity index (χ1n) is 8.76. The average Bonchev–Trinajstić information content (AvgIpc) is 2.41. The number of amides is 1. The molecule has 0 saturated carbocycles. The number of rotatable bonds is 8. The molecule has 1 aliphatic rings. The Morgan fingerprint density at radius 1 is 1.22 bits per heavy atom. The van der Waals surface area contributed by atoms with Gasteiger partial charge in [0.05, 0.1) is 12.0 Å². The van der Waals surface area contributed by atoms with Crippen molar-refractivity contribution in [2.45, 2.75) is 74.6 Å². The average molecular weight is 461 g/mol. The third-order valence-electron chi connectivity index (χ3n) is 5.04. The molecule has 0 bridgehead atoms. The summed E-state index contributed by atoms with van der Waals surface area (Å²) in [7, 11) is -2.04. The summed E-state index contributed by atoms with van der Waals surface area (Å²) in [5.74, 6) is -1.67. The Bertz CT molecular complexity index is 586. The van der Waals surface area contributed by atoms with Crippen LogP contribution in [0.3, 0.4) is 0 Å². The monoisotopic (exact) mass is 459 g/mol. The zero-order valence-corrected chi connectivity index (χ0v) is 19.8. The summed E-state index contributed by atoms with van der Waals surface area (Å²) in [4.78, 5) is 35.8.